The van der Waals surface area contributed by atoms with Crippen molar-refractivity contribution in [2.45, 2.75) is 43.4 Å². The molecule has 0 aliphatic carbocycles. The summed E-state index contributed by atoms with van der Waals surface area (Å²) in [5.41, 5.74) is 0.859. The molecule has 1 aliphatic heterocycles. The maximum absolute atomic E-state index is 12.9. The van der Waals surface area contributed by atoms with Gasteiger partial charge in [0.2, 0.25) is 0 Å². The predicted octanol–water partition coefficient (Wildman–Crippen LogP) is 3.65. The Morgan fingerprint density at radius 3 is 2.50 bits per heavy atom. The van der Waals surface area contributed by atoms with Crippen LogP contribution in [0.2, 0.25) is 0 Å². The molecule has 1 aromatic heterocycles. The summed E-state index contributed by atoms with van der Waals surface area (Å²) < 4.78 is 38.4. The molecule has 3 rings (SSSR count). The third-order valence-electron chi connectivity index (χ3n) is 4.95. The molecule has 0 saturated carbocycles. The van der Waals surface area contributed by atoms with E-state index in [2.05, 4.69) is 5.32 Å². The standard InChI is InChI=1S/C21H28N2O5S2/c1-3-28-17-9-8-16(14-18(17)27-2)15-22-21(24)19-10-11-20(29-19)30(25,26)23-12-6-4-5-7-13-23/h8-11,14H,3-7,12-13,15H2,1-2H3,(H,22,24). The molecule has 1 amide bonds. The Morgan fingerprint density at radius 1 is 1.10 bits per heavy atom. The predicted molar refractivity (Wildman–Crippen MR) is 117 cm³/mol. The largest absolute Gasteiger partial charge is 0.493 e. The van der Waals surface area contributed by atoms with E-state index >= 15 is 0 Å². The van der Waals surface area contributed by atoms with Gasteiger partial charge in [-0.25, -0.2) is 8.42 Å². The van der Waals surface area contributed by atoms with Crippen LogP contribution < -0.4 is 14.8 Å². The van der Waals surface area contributed by atoms with E-state index in [9.17, 15) is 13.2 Å². The highest BCUT2D eigenvalue weighted by Gasteiger charge is 2.27. The monoisotopic (exact) mass is 452 g/mol. The first-order chi connectivity index (χ1) is 14.5. The normalized spacial score (nSPS) is 15.4. The van der Waals surface area contributed by atoms with Crippen molar-refractivity contribution in [1.29, 1.82) is 0 Å². The van der Waals surface area contributed by atoms with E-state index in [0.717, 1.165) is 42.6 Å². The third-order valence-corrected chi connectivity index (χ3v) is 8.40. The molecule has 0 atom stereocenters. The second kappa shape index (κ2) is 10.3. The van der Waals surface area contributed by atoms with E-state index in [4.69, 9.17) is 9.47 Å². The van der Waals surface area contributed by atoms with Crippen LogP contribution in [0.5, 0.6) is 11.5 Å². The van der Waals surface area contributed by atoms with Crippen LogP contribution in [0.4, 0.5) is 0 Å². The van der Waals surface area contributed by atoms with Crippen LogP contribution in [-0.4, -0.2) is 45.4 Å². The molecule has 1 N–H and O–H groups in total. The molecule has 1 fully saturated rings. The van der Waals surface area contributed by atoms with Crippen molar-refractivity contribution in [3.8, 4) is 11.5 Å². The summed E-state index contributed by atoms with van der Waals surface area (Å²) in [6, 6.07) is 8.58. The van der Waals surface area contributed by atoms with Crippen LogP contribution in [0.25, 0.3) is 0 Å². The minimum absolute atomic E-state index is 0.220. The van der Waals surface area contributed by atoms with E-state index in [-0.39, 0.29) is 10.1 Å². The first-order valence-electron chi connectivity index (χ1n) is 10.1. The lowest BCUT2D eigenvalue weighted by atomic mass is 10.2. The Labute approximate surface area is 182 Å². The lowest BCUT2D eigenvalue weighted by Gasteiger charge is -2.18. The SMILES string of the molecule is CCOc1ccc(CNC(=O)c2ccc(S(=O)(=O)N3CCCCCC3)s2)cc1OC. The second-order valence-corrected chi connectivity index (χ2v) is 10.3. The molecule has 164 valence electrons. The van der Waals surface area contributed by atoms with Gasteiger partial charge < -0.3 is 14.8 Å². The number of carbonyl (C=O) groups excluding carboxylic acids is 1. The van der Waals surface area contributed by atoms with Gasteiger partial charge in [-0.05, 0) is 49.6 Å². The van der Waals surface area contributed by atoms with Crippen LogP contribution in [0, 0.1) is 0 Å². The van der Waals surface area contributed by atoms with E-state index < -0.39 is 10.0 Å². The van der Waals surface area contributed by atoms with Crippen molar-refractivity contribution in [2.24, 2.45) is 0 Å². The van der Waals surface area contributed by atoms with Crippen LogP contribution in [0.1, 0.15) is 47.8 Å². The summed E-state index contributed by atoms with van der Waals surface area (Å²) >= 11 is 1.01. The number of nitrogens with zero attached hydrogens (tertiary/aromatic N) is 1. The summed E-state index contributed by atoms with van der Waals surface area (Å²) in [6.07, 6.45) is 3.87. The molecule has 9 heteroatoms. The Morgan fingerprint density at radius 2 is 1.83 bits per heavy atom. The zero-order valence-electron chi connectivity index (χ0n) is 17.3. The highest BCUT2D eigenvalue weighted by Crippen LogP contribution is 2.29. The van der Waals surface area contributed by atoms with E-state index in [1.54, 1.807) is 23.5 Å². The summed E-state index contributed by atoms with van der Waals surface area (Å²) in [4.78, 5) is 12.9. The number of carbonyl (C=O) groups is 1. The number of amides is 1. The molecule has 0 bridgehead atoms. The zero-order chi connectivity index (χ0) is 21.6. The number of sulfonamides is 1. The van der Waals surface area contributed by atoms with Gasteiger partial charge in [-0.3, -0.25) is 4.79 Å². The number of thiophene rings is 1. The Hall–Kier alpha value is -2.10. The second-order valence-electron chi connectivity index (χ2n) is 7.04. The third kappa shape index (κ3) is 5.33. The zero-order valence-corrected chi connectivity index (χ0v) is 19.0. The van der Waals surface area contributed by atoms with Gasteiger partial charge in [-0.2, -0.15) is 4.31 Å². The molecule has 0 radical (unpaired) electrons. The molecule has 1 aliphatic rings. The van der Waals surface area contributed by atoms with E-state index in [1.807, 2.05) is 19.1 Å². The van der Waals surface area contributed by atoms with Crippen molar-refractivity contribution in [3.05, 3.63) is 40.8 Å². The molecular weight excluding hydrogens is 424 g/mol. The Balaban J connectivity index is 1.65. The quantitative estimate of drug-likeness (QED) is 0.661. The lowest BCUT2D eigenvalue weighted by Crippen LogP contribution is -2.31. The van der Waals surface area contributed by atoms with Gasteiger partial charge in [0.05, 0.1) is 18.6 Å². The first-order valence-corrected chi connectivity index (χ1v) is 12.4. The van der Waals surface area contributed by atoms with Crippen LogP contribution in [-0.2, 0) is 16.6 Å². The number of methoxy groups -OCH3 is 1. The molecule has 1 aromatic carbocycles. The molecule has 2 heterocycles. The maximum Gasteiger partial charge on any atom is 0.261 e. The van der Waals surface area contributed by atoms with Gasteiger partial charge in [0, 0.05) is 19.6 Å². The molecule has 7 nitrogen and oxygen atoms in total. The van der Waals surface area contributed by atoms with Crippen molar-refractivity contribution in [1.82, 2.24) is 9.62 Å². The van der Waals surface area contributed by atoms with E-state index in [1.165, 1.54) is 6.07 Å². The molecule has 0 spiro atoms. The van der Waals surface area contributed by atoms with Gasteiger partial charge >= 0.3 is 0 Å². The smallest absolute Gasteiger partial charge is 0.261 e. The van der Waals surface area contributed by atoms with Crippen LogP contribution >= 0.6 is 11.3 Å². The van der Waals surface area contributed by atoms with Crippen molar-refractivity contribution in [2.75, 3.05) is 26.8 Å². The van der Waals surface area contributed by atoms with Crippen molar-refractivity contribution in [3.63, 3.8) is 0 Å². The van der Waals surface area contributed by atoms with Crippen molar-refractivity contribution >= 4 is 27.3 Å². The van der Waals surface area contributed by atoms with Gasteiger partial charge in [-0.1, -0.05) is 18.9 Å². The lowest BCUT2D eigenvalue weighted by molar-refractivity contribution is 0.0955. The average Bonchev–Trinajstić information content (AvgIpc) is 3.09. The van der Waals surface area contributed by atoms with Gasteiger partial charge in [0.15, 0.2) is 11.5 Å². The molecule has 1 saturated heterocycles. The summed E-state index contributed by atoms with van der Waals surface area (Å²) in [5.74, 6) is 0.951. The molecule has 30 heavy (non-hydrogen) atoms. The molecule has 2 aromatic rings. The molecular formula is C21H28N2O5S2. The highest BCUT2D eigenvalue weighted by molar-refractivity contribution is 7.91. The number of hydrogen-bond donors (Lipinski definition) is 1. The minimum Gasteiger partial charge on any atom is -0.493 e. The highest BCUT2D eigenvalue weighted by atomic mass is 32.2. The number of nitrogens with one attached hydrogen (secondary N) is 1. The van der Waals surface area contributed by atoms with Crippen LogP contribution in [0.3, 0.4) is 0 Å². The fraction of sp³-hybridized carbons (Fsp3) is 0.476. The summed E-state index contributed by atoms with van der Waals surface area (Å²) in [6.45, 7) is 3.82. The van der Waals surface area contributed by atoms with Crippen LogP contribution in [0.15, 0.2) is 34.5 Å². The van der Waals surface area contributed by atoms with Gasteiger partial charge in [-0.15, -0.1) is 11.3 Å². The van der Waals surface area contributed by atoms with Crippen molar-refractivity contribution < 1.29 is 22.7 Å². The number of rotatable bonds is 8. The first kappa shape index (κ1) is 22.6. The topological polar surface area (TPSA) is 84.9 Å². The average molecular weight is 453 g/mol. The number of hydrogen-bond acceptors (Lipinski definition) is 6. The fourth-order valence-corrected chi connectivity index (χ4v) is 6.25. The molecule has 0 unspecified atom stereocenters. The Bertz CT molecular complexity index is 964. The fourth-order valence-electron chi connectivity index (χ4n) is 3.36. The summed E-state index contributed by atoms with van der Waals surface area (Å²) in [5, 5.41) is 2.84. The maximum atomic E-state index is 12.9. The minimum atomic E-state index is -3.54. The Kier molecular flexibility index (Phi) is 7.74. The number of benzene rings is 1. The number of ether oxygens (including phenoxy) is 2. The van der Waals surface area contributed by atoms with E-state index in [0.29, 0.717) is 42.6 Å². The summed E-state index contributed by atoms with van der Waals surface area (Å²) in [7, 11) is -1.98. The van der Waals surface area contributed by atoms with Gasteiger partial charge in [0.1, 0.15) is 4.21 Å². The van der Waals surface area contributed by atoms with Gasteiger partial charge in [0.25, 0.3) is 15.9 Å².